The molecular formula is C9H11NO4. The third kappa shape index (κ3) is 2.92. The van der Waals surface area contributed by atoms with E-state index >= 15 is 0 Å². The number of rotatable bonds is 4. The second-order valence-corrected chi connectivity index (χ2v) is 2.93. The number of ether oxygens (including phenoxy) is 1. The summed E-state index contributed by atoms with van der Waals surface area (Å²) in [4.78, 5) is 19.4. The van der Waals surface area contributed by atoms with Gasteiger partial charge in [0.2, 0.25) is 0 Å². The third-order valence-corrected chi connectivity index (χ3v) is 1.66. The van der Waals surface area contributed by atoms with Gasteiger partial charge in [-0.3, -0.25) is 4.79 Å². The zero-order valence-electron chi connectivity index (χ0n) is 7.80. The second-order valence-electron chi connectivity index (χ2n) is 2.93. The van der Waals surface area contributed by atoms with Crippen LogP contribution in [-0.4, -0.2) is 18.4 Å². The monoisotopic (exact) mass is 197 g/mol. The Morgan fingerprint density at radius 3 is 3.00 bits per heavy atom. The predicted octanol–water partition coefficient (Wildman–Crippen LogP) is 1.07. The number of carbonyl (C=O) groups excluding carboxylic acids is 1. The Balaban J connectivity index is 2.27. The summed E-state index contributed by atoms with van der Waals surface area (Å²) in [5, 5.41) is 8.61. The van der Waals surface area contributed by atoms with Crippen LogP contribution in [0, 0.1) is 11.3 Å². The van der Waals surface area contributed by atoms with Crippen molar-refractivity contribution < 1.29 is 19.3 Å². The Morgan fingerprint density at radius 2 is 2.43 bits per heavy atom. The van der Waals surface area contributed by atoms with Crippen molar-refractivity contribution in [1.82, 2.24) is 0 Å². The van der Waals surface area contributed by atoms with Gasteiger partial charge in [-0.15, -0.1) is 0 Å². The van der Waals surface area contributed by atoms with Gasteiger partial charge in [0.15, 0.2) is 6.29 Å². The first kappa shape index (κ1) is 10.9. The van der Waals surface area contributed by atoms with Gasteiger partial charge in [0.1, 0.15) is 12.4 Å². The highest BCUT2D eigenvalue weighted by Gasteiger charge is 2.39. The molecule has 0 spiro atoms. The van der Waals surface area contributed by atoms with E-state index in [9.17, 15) is 4.79 Å². The molecule has 2 unspecified atom stereocenters. The molecule has 0 aromatic carbocycles. The van der Waals surface area contributed by atoms with E-state index in [1.165, 1.54) is 13.0 Å². The molecule has 1 heterocycles. The number of aldehydes is 1. The standard InChI is InChI=1S/C9H11NO4/c1-9(7-10)12-8(13-14-9)5-3-2-4-6-11/h2,4,6,8H,3,5H2,1H3/b4-2-. The Labute approximate surface area is 81.8 Å². The van der Waals surface area contributed by atoms with Gasteiger partial charge in [0, 0.05) is 13.3 Å². The fourth-order valence-corrected chi connectivity index (χ4v) is 0.972. The summed E-state index contributed by atoms with van der Waals surface area (Å²) >= 11 is 0. The minimum Gasteiger partial charge on any atom is -0.303 e. The van der Waals surface area contributed by atoms with Crippen LogP contribution >= 0.6 is 0 Å². The summed E-state index contributed by atoms with van der Waals surface area (Å²) in [6, 6.07) is 1.83. The fraction of sp³-hybridized carbons (Fsp3) is 0.556. The number of hydrogen-bond acceptors (Lipinski definition) is 5. The van der Waals surface area contributed by atoms with Gasteiger partial charge in [-0.25, -0.2) is 4.89 Å². The van der Waals surface area contributed by atoms with Crippen molar-refractivity contribution in [2.45, 2.75) is 31.8 Å². The van der Waals surface area contributed by atoms with Gasteiger partial charge < -0.3 is 4.74 Å². The Bertz CT molecular complexity index is 270. The van der Waals surface area contributed by atoms with Crippen molar-refractivity contribution in [2.24, 2.45) is 0 Å². The Morgan fingerprint density at radius 1 is 1.64 bits per heavy atom. The molecule has 1 saturated heterocycles. The van der Waals surface area contributed by atoms with Crippen molar-refractivity contribution in [2.75, 3.05) is 0 Å². The van der Waals surface area contributed by atoms with E-state index < -0.39 is 12.1 Å². The molecule has 1 rings (SSSR count). The van der Waals surface area contributed by atoms with E-state index in [1.54, 1.807) is 6.08 Å². The average molecular weight is 197 g/mol. The molecule has 0 radical (unpaired) electrons. The molecule has 76 valence electrons. The molecular weight excluding hydrogens is 186 g/mol. The highest BCUT2D eigenvalue weighted by atomic mass is 17.3. The van der Waals surface area contributed by atoms with Crippen LogP contribution in [0.2, 0.25) is 0 Å². The molecule has 0 saturated carbocycles. The predicted molar refractivity (Wildman–Crippen MR) is 45.5 cm³/mol. The lowest BCUT2D eigenvalue weighted by Crippen LogP contribution is -2.23. The van der Waals surface area contributed by atoms with Crippen LogP contribution in [0.1, 0.15) is 19.8 Å². The zero-order valence-corrected chi connectivity index (χ0v) is 7.80. The van der Waals surface area contributed by atoms with Crippen LogP contribution < -0.4 is 0 Å². The summed E-state index contributed by atoms with van der Waals surface area (Å²) in [5.41, 5.74) is 0. The highest BCUT2D eigenvalue weighted by molar-refractivity contribution is 5.64. The summed E-state index contributed by atoms with van der Waals surface area (Å²) < 4.78 is 5.15. The Kier molecular flexibility index (Phi) is 3.77. The minimum atomic E-state index is -1.31. The number of hydrogen-bond donors (Lipinski definition) is 0. The molecule has 0 N–H and O–H groups in total. The van der Waals surface area contributed by atoms with Crippen LogP contribution in [0.3, 0.4) is 0 Å². The maximum Gasteiger partial charge on any atom is 0.288 e. The van der Waals surface area contributed by atoms with Crippen LogP contribution in [-0.2, 0) is 19.3 Å². The first-order chi connectivity index (χ1) is 6.70. The largest absolute Gasteiger partial charge is 0.303 e. The number of nitriles is 1. The smallest absolute Gasteiger partial charge is 0.288 e. The SMILES string of the molecule is CC1(C#N)OOC(CC/C=C\C=O)O1. The van der Waals surface area contributed by atoms with Crippen LogP contribution in [0.15, 0.2) is 12.2 Å². The third-order valence-electron chi connectivity index (χ3n) is 1.66. The van der Waals surface area contributed by atoms with Crippen molar-refractivity contribution in [3.05, 3.63) is 12.2 Å². The number of allylic oxidation sites excluding steroid dienone is 2. The maximum absolute atomic E-state index is 9.93. The number of nitrogens with zero attached hydrogens (tertiary/aromatic N) is 1. The molecule has 14 heavy (non-hydrogen) atoms. The van der Waals surface area contributed by atoms with E-state index in [0.717, 1.165) is 0 Å². The quantitative estimate of drug-likeness (QED) is 0.383. The van der Waals surface area contributed by atoms with Crippen LogP contribution in [0.5, 0.6) is 0 Å². The summed E-state index contributed by atoms with van der Waals surface area (Å²) in [6.45, 7) is 1.48. The van der Waals surface area contributed by atoms with Gasteiger partial charge >= 0.3 is 0 Å². The zero-order chi connectivity index (χ0) is 10.4. The molecule has 0 aromatic heterocycles. The molecule has 5 nitrogen and oxygen atoms in total. The lowest BCUT2D eigenvalue weighted by Gasteiger charge is -2.08. The van der Waals surface area contributed by atoms with Gasteiger partial charge in [-0.2, -0.15) is 10.1 Å². The van der Waals surface area contributed by atoms with E-state index in [0.29, 0.717) is 19.1 Å². The van der Waals surface area contributed by atoms with Gasteiger partial charge in [0.25, 0.3) is 5.79 Å². The first-order valence-electron chi connectivity index (χ1n) is 4.24. The van der Waals surface area contributed by atoms with E-state index in [-0.39, 0.29) is 0 Å². The molecule has 0 aliphatic carbocycles. The van der Waals surface area contributed by atoms with Gasteiger partial charge in [0.05, 0.1) is 0 Å². The van der Waals surface area contributed by atoms with Gasteiger partial charge in [-0.05, 0) is 12.5 Å². The van der Waals surface area contributed by atoms with Crippen LogP contribution in [0.4, 0.5) is 0 Å². The molecule has 0 aromatic rings. The van der Waals surface area contributed by atoms with Gasteiger partial charge in [-0.1, -0.05) is 6.08 Å². The molecule has 0 bridgehead atoms. The number of carbonyl (C=O) groups is 1. The summed E-state index contributed by atoms with van der Waals surface area (Å²) in [6.07, 6.45) is 4.43. The molecule has 1 fully saturated rings. The minimum absolute atomic E-state index is 0.543. The van der Waals surface area contributed by atoms with Crippen molar-refractivity contribution in [3.63, 3.8) is 0 Å². The van der Waals surface area contributed by atoms with Crippen molar-refractivity contribution in [3.8, 4) is 6.07 Å². The molecule has 1 aliphatic heterocycles. The normalized spacial score (nSPS) is 31.9. The first-order valence-corrected chi connectivity index (χ1v) is 4.24. The maximum atomic E-state index is 9.93. The molecule has 1 aliphatic rings. The molecule has 5 heteroatoms. The lowest BCUT2D eigenvalue weighted by atomic mass is 10.3. The molecule has 2 atom stereocenters. The van der Waals surface area contributed by atoms with E-state index in [1.807, 2.05) is 6.07 Å². The summed E-state index contributed by atoms with van der Waals surface area (Å²) in [5.74, 6) is -1.31. The molecule has 0 amide bonds. The second kappa shape index (κ2) is 4.86. The van der Waals surface area contributed by atoms with Crippen molar-refractivity contribution >= 4 is 6.29 Å². The fourth-order valence-electron chi connectivity index (χ4n) is 0.972. The lowest BCUT2D eigenvalue weighted by molar-refractivity contribution is -0.311. The topological polar surface area (TPSA) is 68.5 Å². The van der Waals surface area contributed by atoms with Crippen molar-refractivity contribution in [1.29, 1.82) is 5.26 Å². The Hall–Kier alpha value is -1.22. The van der Waals surface area contributed by atoms with Crippen LogP contribution in [0.25, 0.3) is 0 Å². The summed E-state index contributed by atoms with van der Waals surface area (Å²) in [7, 11) is 0. The van der Waals surface area contributed by atoms with E-state index in [4.69, 9.17) is 14.9 Å². The average Bonchev–Trinajstić information content (AvgIpc) is 2.56. The van der Waals surface area contributed by atoms with E-state index in [2.05, 4.69) is 4.89 Å². The highest BCUT2D eigenvalue weighted by Crippen LogP contribution is 2.26.